The molecule has 112 valence electrons. The Morgan fingerprint density at radius 2 is 2.20 bits per heavy atom. The molecule has 2 heterocycles. The number of nitrogens with two attached hydrogens (primary N) is 1. The van der Waals surface area contributed by atoms with Gasteiger partial charge in [0.15, 0.2) is 0 Å². The van der Waals surface area contributed by atoms with Gasteiger partial charge in [-0.3, -0.25) is 4.79 Å². The van der Waals surface area contributed by atoms with Gasteiger partial charge in [-0.2, -0.15) is 0 Å². The highest BCUT2D eigenvalue weighted by atomic mass is 35.5. The van der Waals surface area contributed by atoms with Gasteiger partial charge in [0, 0.05) is 30.9 Å². The average molecular weight is 298 g/mol. The van der Waals surface area contributed by atoms with Gasteiger partial charge in [-0.25, -0.2) is 0 Å². The molecule has 0 saturated carbocycles. The van der Waals surface area contributed by atoms with Crippen LogP contribution in [0.4, 0.5) is 0 Å². The number of piperidine rings is 1. The van der Waals surface area contributed by atoms with Crippen molar-refractivity contribution >= 4 is 17.5 Å². The van der Waals surface area contributed by atoms with Crippen molar-refractivity contribution in [1.82, 2.24) is 9.47 Å². The first-order valence-corrected chi connectivity index (χ1v) is 7.73. The molecular weight excluding hydrogens is 274 g/mol. The molecule has 0 aliphatic carbocycles. The summed E-state index contributed by atoms with van der Waals surface area (Å²) in [6.07, 6.45) is 4.99. The van der Waals surface area contributed by atoms with Crippen molar-refractivity contribution in [2.24, 2.45) is 5.73 Å². The van der Waals surface area contributed by atoms with E-state index < -0.39 is 0 Å². The second-order valence-corrected chi connectivity index (χ2v) is 6.36. The molecule has 1 amide bonds. The van der Waals surface area contributed by atoms with Crippen molar-refractivity contribution in [1.29, 1.82) is 0 Å². The summed E-state index contributed by atoms with van der Waals surface area (Å²) in [7, 11) is 0. The fraction of sp³-hybridized carbons (Fsp3) is 0.667. The molecule has 2 atom stereocenters. The fourth-order valence-electron chi connectivity index (χ4n) is 3.06. The molecule has 2 rings (SSSR count). The Morgan fingerprint density at radius 1 is 1.50 bits per heavy atom. The topological polar surface area (TPSA) is 51.3 Å². The normalized spacial score (nSPS) is 23.4. The lowest BCUT2D eigenvalue weighted by Gasteiger charge is -2.40. The van der Waals surface area contributed by atoms with Gasteiger partial charge in [-0.05, 0) is 46.1 Å². The maximum Gasteiger partial charge on any atom is 0.271 e. The van der Waals surface area contributed by atoms with Crippen LogP contribution in [0.2, 0.25) is 5.02 Å². The van der Waals surface area contributed by atoms with E-state index >= 15 is 0 Å². The van der Waals surface area contributed by atoms with E-state index in [1.54, 1.807) is 6.07 Å². The highest BCUT2D eigenvalue weighted by molar-refractivity contribution is 6.31. The number of halogens is 1. The highest BCUT2D eigenvalue weighted by Crippen LogP contribution is 2.27. The number of aromatic nitrogens is 1. The van der Waals surface area contributed by atoms with Crippen LogP contribution in [0.25, 0.3) is 0 Å². The predicted octanol–water partition coefficient (Wildman–Crippen LogP) is 3.06. The molecule has 1 aromatic heterocycles. The molecule has 2 unspecified atom stereocenters. The third kappa shape index (κ3) is 2.86. The van der Waals surface area contributed by atoms with E-state index in [4.69, 9.17) is 17.3 Å². The summed E-state index contributed by atoms with van der Waals surface area (Å²) in [5, 5.41) is 0.607. The first kappa shape index (κ1) is 15.4. The zero-order valence-corrected chi connectivity index (χ0v) is 13.2. The summed E-state index contributed by atoms with van der Waals surface area (Å²) in [4.78, 5) is 14.9. The van der Waals surface area contributed by atoms with Gasteiger partial charge in [0.1, 0.15) is 5.69 Å². The lowest BCUT2D eigenvalue weighted by molar-refractivity contribution is 0.0481. The van der Waals surface area contributed by atoms with Gasteiger partial charge in [0.05, 0.1) is 5.02 Å². The van der Waals surface area contributed by atoms with E-state index in [-0.39, 0.29) is 24.0 Å². The number of likely N-dealkylation sites (tertiary alicyclic amines) is 1. The summed E-state index contributed by atoms with van der Waals surface area (Å²) in [5.74, 6) is 0.0493. The third-order valence-electron chi connectivity index (χ3n) is 4.12. The average Bonchev–Trinajstić information content (AvgIpc) is 2.80. The number of amides is 1. The lowest BCUT2D eigenvalue weighted by Crippen LogP contribution is -2.52. The lowest BCUT2D eigenvalue weighted by atomic mass is 9.96. The van der Waals surface area contributed by atoms with Crippen LogP contribution in [0.3, 0.4) is 0 Å². The van der Waals surface area contributed by atoms with Crippen LogP contribution in [0.1, 0.15) is 56.6 Å². The first-order chi connectivity index (χ1) is 9.45. The molecular formula is C15H24ClN3O. The zero-order chi connectivity index (χ0) is 14.9. The van der Waals surface area contributed by atoms with E-state index in [1.807, 2.05) is 29.5 Å². The minimum absolute atomic E-state index is 0.0493. The smallest absolute Gasteiger partial charge is 0.271 e. The zero-order valence-electron chi connectivity index (χ0n) is 12.5. The number of carbonyl (C=O) groups is 1. The molecule has 1 aliphatic rings. The number of rotatable bonds is 3. The minimum Gasteiger partial charge on any atom is -0.339 e. The standard InChI is InChI=1S/C15H24ClN3O/c1-10(2)18-9-12(16)7-14(18)15(20)19-11(3)5-4-6-13(19)8-17/h7,9-11,13H,4-6,8,17H2,1-3H3. The Labute approximate surface area is 125 Å². The summed E-state index contributed by atoms with van der Waals surface area (Å²) >= 11 is 6.08. The maximum absolute atomic E-state index is 12.9. The van der Waals surface area contributed by atoms with Crippen molar-refractivity contribution in [2.45, 2.75) is 58.2 Å². The monoisotopic (exact) mass is 297 g/mol. The van der Waals surface area contributed by atoms with Gasteiger partial charge < -0.3 is 15.2 Å². The second-order valence-electron chi connectivity index (χ2n) is 5.93. The van der Waals surface area contributed by atoms with Crippen molar-refractivity contribution in [3.8, 4) is 0 Å². The molecule has 1 saturated heterocycles. The van der Waals surface area contributed by atoms with E-state index in [0.29, 0.717) is 17.3 Å². The SMILES string of the molecule is CC1CCCC(CN)N1C(=O)c1cc(Cl)cn1C(C)C. The largest absolute Gasteiger partial charge is 0.339 e. The van der Waals surface area contributed by atoms with Crippen LogP contribution in [-0.4, -0.2) is 34.0 Å². The van der Waals surface area contributed by atoms with Crippen molar-refractivity contribution in [3.63, 3.8) is 0 Å². The molecule has 2 N–H and O–H groups in total. The number of carbonyl (C=O) groups excluding carboxylic acids is 1. The molecule has 5 heteroatoms. The van der Waals surface area contributed by atoms with Crippen LogP contribution in [0.15, 0.2) is 12.3 Å². The van der Waals surface area contributed by atoms with Gasteiger partial charge in [0.25, 0.3) is 5.91 Å². The quantitative estimate of drug-likeness (QED) is 0.932. The van der Waals surface area contributed by atoms with Crippen LogP contribution in [-0.2, 0) is 0 Å². The van der Waals surface area contributed by atoms with Crippen LogP contribution in [0, 0.1) is 0 Å². The van der Waals surface area contributed by atoms with Crippen LogP contribution >= 0.6 is 11.6 Å². The van der Waals surface area contributed by atoms with Crippen molar-refractivity contribution in [3.05, 3.63) is 23.0 Å². The molecule has 0 spiro atoms. The Balaban J connectivity index is 2.34. The third-order valence-corrected chi connectivity index (χ3v) is 4.33. The van der Waals surface area contributed by atoms with Gasteiger partial charge in [-0.1, -0.05) is 11.6 Å². The molecule has 0 radical (unpaired) electrons. The van der Waals surface area contributed by atoms with E-state index in [0.717, 1.165) is 19.3 Å². The van der Waals surface area contributed by atoms with Gasteiger partial charge >= 0.3 is 0 Å². The minimum atomic E-state index is 0.0493. The van der Waals surface area contributed by atoms with Crippen LogP contribution < -0.4 is 5.73 Å². The Bertz CT molecular complexity index is 483. The Morgan fingerprint density at radius 3 is 2.80 bits per heavy atom. The fourth-order valence-corrected chi connectivity index (χ4v) is 3.27. The summed E-state index contributed by atoms with van der Waals surface area (Å²) in [5.41, 5.74) is 6.51. The summed E-state index contributed by atoms with van der Waals surface area (Å²) < 4.78 is 1.94. The Hall–Kier alpha value is -1.00. The maximum atomic E-state index is 12.9. The van der Waals surface area contributed by atoms with Crippen molar-refractivity contribution in [2.75, 3.05) is 6.54 Å². The molecule has 0 bridgehead atoms. The van der Waals surface area contributed by atoms with Crippen molar-refractivity contribution < 1.29 is 4.79 Å². The molecule has 4 nitrogen and oxygen atoms in total. The first-order valence-electron chi connectivity index (χ1n) is 7.35. The molecule has 20 heavy (non-hydrogen) atoms. The van der Waals surface area contributed by atoms with Crippen LogP contribution in [0.5, 0.6) is 0 Å². The van der Waals surface area contributed by atoms with Gasteiger partial charge in [-0.15, -0.1) is 0 Å². The molecule has 1 fully saturated rings. The number of hydrogen-bond donors (Lipinski definition) is 1. The molecule has 1 aliphatic heterocycles. The van der Waals surface area contributed by atoms with Gasteiger partial charge in [0.2, 0.25) is 0 Å². The molecule has 1 aromatic rings. The van der Waals surface area contributed by atoms with E-state index in [9.17, 15) is 4.79 Å². The molecule has 0 aromatic carbocycles. The number of nitrogens with zero attached hydrogens (tertiary/aromatic N) is 2. The highest BCUT2D eigenvalue weighted by Gasteiger charge is 2.33. The summed E-state index contributed by atoms with van der Waals surface area (Å²) in [6, 6.07) is 2.34. The predicted molar refractivity (Wildman–Crippen MR) is 82.2 cm³/mol. The summed E-state index contributed by atoms with van der Waals surface area (Å²) in [6.45, 7) is 6.72. The van der Waals surface area contributed by atoms with E-state index in [1.165, 1.54) is 0 Å². The van der Waals surface area contributed by atoms with E-state index in [2.05, 4.69) is 6.92 Å². The Kier molecular flexibility index (Phi) is 4.76. The number of hydrogen-bond acceptors (Lipinski definition) is 2. The second kappa shape index (κ2) is 6.19.